The minimum absolute atomic E-state index is 0. The van der Waals surface area contributed by atoms with Crippen LogP contribution < -0.4 is 0 Å². The molecule has 0 spiro atoms. The standard InChI is InChI=1S/C6H10O4.C4H8O2.6CH4/c1-5(7)3-6(8)10-4-9-2;1-4(5)3-6-2;;;;;;/h3-4H2,1-2H3;3H2,1-2H3;6*1H4. The fourth-order valence-electron chi connectivity index (χ4n) is 0.582. The van der Waals surface area contributed by atoms with Crippen LogP contribution in [0.25, 0.3) is 0 Å². The van der Waals surface area contributed by atoms with Gasteiger partial charge in [0.1, 0.15) is 18.8 Å². The van der Waals surface area contributed by atoms with Crippen LogP contribution in [0.2, 0.25) is 0 Å². The summed E-state index contributed by atoms with van der Waals surface area (Å²) < 4.78 is 13.3. The van der Waals surface area contributed by atoms with E-state index in [1.165, 1.54) is 28.1 Å². The molecule has 0 heterocycles. The number of ketones is 2. The summed E-state index contributed by atoms with van der Waals surface area (Å²) in [6.45, 7) is 2.96. The minimum Gasteiger partial charge on any atom is -0.438 e. The van der Waals surface area contributed by atoms with E-state index in [1.807, 2.05) is 0 Å². The monoisotopic (exact) mass is 330 g/mol. The SMILES string of the molecule is C.C.C.C.C.C.COCC(C)=O.COCOC(=O)CC(C)=O. The number of rotatable bonds is 6. The van der Waals surface area contributed by atoms with Crippen LogP contribution in [0.1, 0.15) is 64.8 Å². The van der Waals surface area contributed by atoms with Crippen LogP contribution in [0.4, 0.5) is 0 Å². The third-order valence-electron chi connectivity index (χ3n) is 1.08. The number of Topliss-reactive ketones (excluding diaryl/α,β-unsaturated/α-hetero) is 2. The second kappa shape index (κ2) is 36.7. The maximum absolute atomic E-state index is 10.5. The van der Waals surface area contributed by atoms with Gasteiger partial charge in [-0.05, 0) is 13.8 Å². The molecule has 0 aromatic heterocycles. The summed E-state index contributed by atoms with van der Waals surface area (Å²) in [4.78, 5) is 30.7. The maximum atomic E-state index is 10.5. The highest BCUT2D eigenvalue weighted by Gasteiger charge is 2.04. The van der Waals surface area contributed by atoms with E-state index in [0.717, 1.165) is 0 Å². The second-order valence-electron chi connectivity index (χ2n) is 2.94. The first kappa shape index (κ1) is 49.8. The van der Waals surface area contributed by atoms with Crippen molar-refractivity contribution >= 4 is 17.5 Å². The number of carbonyl (C=O) groups excluding carboxylic acids is 3. The van der Waals surface area contributed by atoms with Gasteiger partial charge in [0.05, 0.1) is 0 Å². The van der Waals surface area contributed by atoms with Gasteiger partial charge in [0.2, 0.25) is 0 Å². The van der Waals surface area contributed by atoms with Gasteiger partial charge in [-0.15, -0.1) is 0 Å². The van der Waals surface area contributed by atoms with Crippen LogP contribution in [0.5, 0.6) is 0 Å². The molecule has 0 unspecified atom stereocenters. The van der Waals surface area contributed by atoms with Crippen molar-refractivity contribution in [1.82, 2.24) is 0 Å². The highest BCUT2D eigenvalue weighted by atomic mass is 16.7. The van der Waals surface area contributed by atoms with Gasteiger partial charge < -0.3 is 14.2 Å². The predicted molar refractivity (Wildman–Crippen MR) is 96.2 cm³/mol. The molecular weight excluding hydrogens is 288 g/mol. The van der Waals surface area contributed by atoms with E-state index < -0.39 is 5.97 Å². The summed E-state index contributed by atoms with van der Waals surface area (Å²) >= 11 is 0. The number of ether oxygens (including phenoxy) is 3. The van der Waals surface area contributed by atoms with Crippen molar-refractivity contribution in [2.24, 2.45) is 0 Å². The topological polar surface area (TPSA) is 78.9 Å². The fraction of sp³-hybridized carbons (Fsp3) is 0.812. The molecule has 0 bridgehead atoms. The van der Waals surface area contributed by atoms with Crippen molar-refractivity contribution in [3.63, 3.8) is 0 Å². The maximum Gasteiger partial charge on any atom is 0.315 e. The Bertz CT molecular complexity index is 227. The Morgan fingerprint density at radius 2 is 1.14 bits per heavy atom. The molecule has 0 atom stereocenters. The van der Waals surface area contributed by atoms with Crippen molar-refractivity contribution in [2.45, 2.75) is 64.8 Å². The van der Waals surface area contributed by atoms with Gasteiger partial charge in [-0.25, -0.2) is 0 Å². The van der Waals surface area contributed by atoms with Crippen LogP contribution in [-0.4, -0.2) is 45.2 Å². The van der Waals surface area contributed by atoms with E-state index in [-0.39, 0.29) is 75.9 Å². The van der Waals surface area contributed by atoms with Gasteiger partial charge in [0.25, 0.3) is 0 Å². The Labute approximate surface area is 139 Å². The normalized spacial score (nSPS) is 6.36. The zero-order valence-corrected chi connectivity index (χ0v) is 10.1. The zero-order valence-electron chi connectivity index (χ0n) is 10.1. The summed E-state index contributed by atoms with van der Waals surface area (Å²) in [5.41, 5.74) is 0. The first-order chi connectivity index (χ1) is 7.43. The highest BCUT2D eigenvalue weighted by molar-refractivity contribution is 5.94. The van der Waals surface area contributed by atoms with Crippen LogP contribution in [-0.2, 0) is 28.6 Å². The average molecular weight is 331 g/mol. The van der Waals surface area contributed by atoms with Gasteiger partial charge in [-0.3, -0.25) is 14.4 Å². The molecule has 0 N–H and O–H groups in total. The Kier molecular flexibility index (Phi) is 83.1. The van der Waals surface area contributed by atoms with E-state index >= 15 is 0 Å². The molecule has 6 heteroatoms. The van der Waals surface area contributed by atoms with Crippen molar-refractivity contribution in [1.29, 1.82) is 0 Å². The summed E-state index contributed by atoms with van der Waals surface area (Å²) in [7, 11) is 2.91. The predicted octanol–water partition coefficient (Wildman–Crippen LogP) is 4.15. The van der Waals surface area contributed by atoms with Crippen molar-refractivity contribution in [2.75, 3.05) is 27.6 Å². The first-order valence-electron chi connectivity index (χ1n) is 4.56. The summed E-state index contributed by atoms with van der Waals surface area (Å²) in [6.07, 6.45) is -0.177. The van der Waals surface area contributed by atoms with Gasteiger partial charge in [-0.2, -0.15) is 0 Å². The number of esters is 1. The third kappa shape index (κ3) is 62.2. The smallest absolute Gasteiger partial charge is 0.315 e. The molecule has 142 valence electrons. The van der Waals surface area contributed by atoms with Crippen LogP contribution in [0, 0.1) is 0 Å². The molecule has 0 saturated carbocycles. The molecule has 0 aliphatic carbocycles. The number of methoxy groups -OCH3 is 2. The number of hydrogen-bond donors (Lipinski definition) is 0. The van der Waals surface area contributed by atoms with Crippen molar-refractivity contribution < 1.29 is 28.6 Å². The quantitative estimate of drug-likeness (QED) is 0.413. The minimum atomic E-state index is -0.547. The van der Waals surface area contributed by atoms with Gasteiger partial charge in [0.15, 0.2) is 12.6 Å². The Morgan fingerprint density at radius 1 is 0.727 bits per heavy atom. The lowest BCUT2D eigenvalue weighted by atomic mass is 10.3. The van der Waals surface area contributed by atoms with Gasteiger partial charge in [0, 0.05) is 14.2 Å². The molecule has 0 aliphatic rings. The molecule has 0 amide bonds. The molecule has 22 heavy (non-hydrogen) atoms. The van der Waals surface area contributed by atoms with Crippen molar-refractivity contribution in [3.8, 4) is 0 Å². The molecule has 0 aromatic rings. The summed E-state index contributed by atoms with van der Waals surface area (Å²) in [5, 5.41) is 0. The molecular formula is C16H42O6. The average Bonchev–Trinajstić information content (AvgIpc) is 2.14. The van der Waals surface area contributed by atoms with E-state index in [1.54, 1.807) is 0 Å². The third-order valence-corrected chi connectivity index (χ3v) is 1.08. The first-order valence-corrected chi connectivity index (χ1v) is 4.56. The second-order valence-corrected chi connectivity index (χ2v) is 2.94. The molecule has 0 fully saturated rings. The summed E-state index contributed by atoms with van der Waals surface area (Å²) in [5.74, 6) is -0.687. The Hall–Kier alpha value is -1.27. The van der Waals surface area contributed by atoms with E-state index in [0.29, 0.717) is 0 Å². The van der Waals surface area contributed by atoms with Crippen LogP contribution >= 0.6 is 0 Å². The lowest BCUT2D eigenvalue weighted by molar-refractivity contribution is -0.155. The fourth-order valence-corrected chi connectivity index (χ4v) is 0.582. The Morgan fingerprint density at radius 3 is 1.32 bits per heavy atom. The largest absolute Gasteiger partial charge is 0.438 e. The lowest BCUT2D eigenvalue weighted by Gasteiger charge is -1.99. The molecule has 0 aromatic carbocycles. The van der Waals surface area contributed by atoms with E-state index in [2.05, 4.69) is 14.2 Å². The van der Waals surface area contributed by atoms with E-state index in [9.17, 15) is 14.4 Å². The lowest BCUT2D eigenvalue weighted by Crippen LogP contribution is -2.10. The molecule has 0 rings (SSSR count). The molecule has 0 radical (unpaired) electrons. The number of carbonyl (C=O) groups is 3. The van der Waals surface area contributed by atoms with Crippen molar-refractivity contribution in [3.05, 3.63) is 0 Å². The number of hydrogen-bond acceptors (Lipinski definition) is 6. The van der Waals surface area contributed by atoms with Crippen LogP contribution in [0.3, 0.4) is 0 Å². The van der Waals surface area contributed by atoms with E-state index in [4.69, 9.17) is 0 Å². The van der Waals surface area contributed by atoms with Gasteiger partial charge >= 0.3 is 5.97 Å². The van der Waals surface area contributed by atoms with Crippen LogP contribution in [0.15, 0.2) is 0 Å². The molecule has 0 saturated heterocycles. The Balaban J connectivity index is -0.0000000248. The highest BCUT2D eigenvalue weighted by Crippen LogP contribution is 1.86. The van der Waals surface area contributed by atoms with Gasteiger partial charge in [-0.1, -0.05) is 44.6 Å². The summed E-state index contributed by atoms with van der Waals surface area (Å²) in [6, 6.07) is 0. The molecule has 6 nitrogen and oxygen atoms in total. The molecule has 0 aliphatic heterocycles. The zero-order chi connectivity index (χ0) is 13.0.